The van der Waals surface area contributed by atoms with Crippen LogP contribution in [0.1, 0.15) is 16.3 Å². The number of aromatic nitrogens is 4. The van der Waals surface area contributed by atoms with Crippen LogP contribution in [0.3, 0.4) is 0 Å². The van der Waals surface area contributed by atoms with Gasteiger partial charge in [-0.2, -0.15) is 0 Å². The van der Waals surface area contributed by atoms with Gasteiger partial charge in [0.25, 0.3) is 11.5 Å². The number of hydrogen-bond donors (Lipinski definition) is 1. The van der Waals surface area contributed by atoms with E-state index in [1.807, 2.05) is 0 Å². The number of rotatable bonds is 2. The summed E-state index contributed by atoms with van der Waals surface area (Å²) in [6.07, 6.45) is 4.19. The van der Waals surface area contributed by atoms with Gasteiger partial charge >= 0.3 is 0 Å². The first-order valence-electron chi connectivity index (χ1n) is 6.22. The highest BCUT2D eigenvalue weighted by Crippen LogP contribution is 2.06. The van der Waals surface area contributed by atoms with Crippen molar-refractivity contribution in [1.29, 1.82) is 0 Å². The number of benzene rings is 1. The van der Waals surface area contributed by atoms with E-state index >= 15 is 0 Å². The molecule has 2 aromatic heterocycles. The second-order valence-electron chi connectivity index (χ2n) is 4.35. The van der Waals surface area contributed by atoms with Gasteiger partial charge in [0, 0.05) is 12.4 Å². The number of nitrogens with zero attached hydrogens (tertiary/aromatic N) is 4. The molecule has 2 heterocycles. The maximum Gasteiger partial charge on any atom is 0.290 e. The van der Waals surface area contributed by atoms with Crippen molar-refractivity contribution in [2.75, 3.05) is 5.43 Å². The number of nitrogens with one attached hydrogen (secondary N) is 1. The fraction of sp³-hybridized carbons (Fsp3) is 0.0714. The molecule has 0 aliphatic heterocycles. The largest absolute Gasteiger partial charge is 0.290 e. The van der Waals surface area contributed by atoms with Crippen LogP contribution < -0.4 is 11.0 Å². The molecule has 1 aromatic carbocycles. The highest BCUT2D eigenvalue weighted by atomic mass is 16.2. The number of carbonyl (C=O) groups is 1. The Kier molecular flexibility index (Phi) is 3.15. The second-order valence-corrected chi connectivity index (χ2v) is 4.35. The molecule has 7 nitrogen and oxygen atoms in total. The third-order valence-electron chi connectivity index (χ3n) is 2.95. The van der Waals surface area contributed by atoms with Crippen LogP contribution in [0, 0.1) is 6.92 Å². The molecule has 0 saturated heterocycles. The van der Waals surface area contributed by atoms with Crippen LogP contribution >= 0.6 is 0 Å². The van der Waals surface area contributed by atoms with E-state index in [2.05, 4.69) is 20.4 Å². The number of para-hydroxylation sites is 1. The van der Waals surface area contributed by atoms with Gasteiger partial charge in [-0.05, 0) is 19.1 Å². The molecule has 0 radical (unpaired) electrons. The third kappa shape index (κ3) is 2.36. The van der Waals surface area contributed by atoms with Crippen molar-refractivity contribution in [3.63, 3.8) is 0 Å². The second kappa shape index (κ2) is 5.12. The average molecular weight is 281 g/mol. The monoisotopic (exact) mass is 281 g/mol. The van der Waals surface area contributed by atoms with Crippen molar-refractivity contribution in [2.45, 2.75) is 6.92 Å². The molecule has 0 aliphatic carbocycles. The van der Waals surface area contributed by atoms with Crippen LogP contribution in [0.25, 0.3) is 10.9 Å². The maximum absolute atomic E-state index is 12.4. The van der Waals surface area contributed by atoms with Gasteiger partial charge in [-0.3, -0.25) is 20.0 Å². The van der Waals surface area contributed by atoms with Crippen LogP contribution in [0.5, 0.6) is 0 Å². The van der Waals surface area contributed by atoms with E-state index in [0.29, 0.717) is 16.7 Å². The summed E-state index contributed by atoms with van der Waals surface area (Å²) >= 11 is 0. The van der Waals surface area contributed by atoms with Gasteiger partial charge in [-0.25, -0.2) is 14.6 Å². The summed E-state index contributed by atoms with van der Waals surface area (Å²) in [6, 6.07) is 6.96. The molecular weight excluding hydrogens is 270 g/mol. The Labute approximate surface area is 119 Å². The highest BCUT2D eigenvalue weighted by molar-refractivity contribution is 5.98. The minimum absolute atomic E-state index is 0.122. The molecule has 7 heteroatoms. The van der Waals surface area contributed by atoms with E-state index in [4.69, 9.17) is 0 Å². The Morgan fingerprint density at radius 1 is 1.24 bits per heavy atom. The zero-order valence-corrected chi connectivity index (χ0v) is 11.1. The first-order chi connectivity index (χ1) is 10.2. The maximum atomic E-state index is 12.4. The van der Waals surface area contributed by atoms with Crippen LogP contribution in [-0.4, -0.2) is 25.5 Å². The number of fused-ring (bicyclic) bond motifs is 1. The Bertz CT molecular complexity index is 873. The van der Waals surface area contributed by atoms with Gasteiger partial charge in [0.1, 0.15) is 11.5 Å². The molecule has 21 heavy (non-hydrogen) atoms. The van der Waals surface area contributed by atoms with Gasteiger partial charge in [-0.15, -0.1) is 0 Å². The third-order valence-corrected chi connectivity index (χ3v) is 2.95. The van der Waals surface area contributed by atoms with E-state index in [0.717, 1.165) is 4.68 Å². The standard InChI is InChI=1S/C14H11N5O2/c1-9-17-11-5-3-2-4-10(11)14(21)19(9)18-13(20)12-8-15-6-7-16-12/h2-8H,1H3,(H,18,20). The lowest BCUT2D eigenvalue weighted by atomic mass is 10.2. The zero-order chi connectivity index (χ0) is 14.8. The van der Waals surface area contributed by atoms with Gasteiger partial charge in [-0.1, -0.05) is 12.1 Å². The number of hydrogen-bond acceptors (Lipinski definition) is 5. The summed E-state index contributed by atoms with van der Waals surface area (Å²) in [7, 11) is 0. The van der Waals surface area contributed by atoms with Crippen molar-refractivity contribution in [3.8, 4) is 0 Å². The molecule has 0 saturated carbocycles. The van der Waals surface area contributed by atoms with Crippen LogP contribution in [-0.2, 0) is 0 Å². The smallest absolute Gasteiger partial charge is 0.267 e. The lowest BCUT2D eigenvalue weighted by molar-refractivity contribution is 0.100. The first-order valence-corrected chi connectivity index (χ1v) is 6.22. The summed E-state index contributed by atoms with van der Waals surface area (Å²) in [5.41, 5.74) is 2.86. The van der Waals surface area contributed by atoms with E-state index in [1.165, 1.54) is 18.6 Å². The molecule has 1 amide bonds. The lowest BCUT2D eigenvalue weighted by Gasteiger charge is -2.11. The molecule has 0 aliphatic rings. The Morgan fingerprint density at radius 3 is 2.81 bits per heavy atom. The highest BCUT2D eigenvalue weighted by Gasteiger charge is 2.12. The van der Waals surface area contributed by atoms with Gasteiger partial charge < -0.3 is 0 Å². The Morgan fingerprint density at radius 2 is 2.05 bits per heavy atom. The van der Waals surface area contributed by atoms with Crippen LogP contribution in [0.15, 0.2) is 47.7 Å². The topological polar surface area (TPSA) is 89.8 Å². The summed E-state index contributed by atoms with van der Waals surface area (Å²) < 4.78 is 1.11. The first kappa shape index (κ1) is 12.9. The molecule has 104 valence electrons. The summed E-state index contributed by atoms with van der Waals surface area (Å²) in [4.78, 5) is 36.4. The van der Waals surface area contributed by atoms with Crippen molar-refractivity contribution >= 4 is 16.8 Å². The molecule has 0 spiro atoms. The summed E-state index contributed by atoms with van der Waals surface area (Å²) in [6.45, 7) is 1.64. The molecule has 0 fully saturated rings. The van der Waals surface area contributed by atoms with E-state index in [-0.39, 0.29) is 11.3 Å². The minimum Gasteiger partial charge on any atom is -0.267 e. The molecule has 0 bridgehead atoms. The van der Waals surface area contributed by atoms with Crippen molar-refractivity contribution in [3.05, 3.63) is 64.7 Å². The van der Waals surface area contributed by atoms with Gasteiger partial charge in [0.15, 0.2) is 0 Å². The van der Waals surface area contributed by atoms with Crippen molar-refractivity contribution < 1.29 is 4.79 Å². The molecule has 0 atom stereocenters. The molecule has 3 aromatic rings. The van der Waals surface area contributed by atoms with Gasteiger partial charge in [0.2, 0.25) is 0 Å². The number of amides is 1. The predicted molar refractivity (Wildman–Crippen MR) is 76.5 cm³/mol. The van der Waals surface area contributed by atoms with Crippen LogP contribution in [0.2, 0.25) is 0 Å². The molecular formula is C14H11N5O2. The minimum atomic E-state index is -0.523. The van der Waals surface area contributed by atoms with E-state index in [9.17, 15) is 9.59 Å². The molecule has 1 N–H and O–H groups in total. The fourth-order valence-electron chi connectivity index (χ4n) is 1.95. The summed E-state index contributed by atoms with van der Waals surface area (Å²) in [5.74, 6) is -0.138. The molecule has 0 unspecified atom stereocenters. The zero-order valence-electron chi connectivity index (χ0n) is 11.1. The fourth-order valence-corrected chi connectivity index (χ4v) is 1.95. The molecule has 3 rings (SSSR count). The van der Waals surface area contributed by atoms with Gasteiger partial charge in [0.05, 0.1) is 17.1 Å². The number of carbonyl (C=O) groups excluding carboxylic acids is 1. The average Bonchev–Trinajstić information content (AvgIpc) is 2.52. The Balaban J connectivity index is 2.05. The Hall–Kier alpha value is -3.09. The van der Waals surface area contributed by atoms with E-state index in [1.54, 1.807) is 31.2 Å². The quantitative estimate of drug-likeness (QED) is 0.753. The normalized spacial score (nSPS) is 10.5. The number of aryl methyl sites for hydroxylation is 1. The predicted octanol–water partition coefficient (Wildman–Crippen LogP) is 0.879. The van der Waals surface area contributed by atoms with Crippen molar-refractivity contribution in [1.82, 2.24) is 19.6 Å². The van der Waals surface area contributed by atoms with Crippen LogP contribution in [0.4, 0.5) is 0 Å². The summed E-state index contributed by atoms with van der Waals surface area (Å²) in [5, 5.41) is 0.433. The lowest BCUT2D eigenvalue weighted by Crippen LogP contribution is -2.35. The van der Waals surface area contributed by atoms with E-state index < -0.39 is 5.91 Å². The van der Waals surface area contributed by atoms with Crippen molar-refractivity contribution in [2.24, 2.45) is 0 Å². The SMILES string of the molecule is Cc1nc2ccccc2c(=O)n1NC(=O)c1cnccn1.